The summed E-state index contributed by atoms with van der Waals surface area (Å²) >= 11 is 1.51. The van der Waals surface area contributed by atoms with Gasteiger partial charge in [0.15, 0.2) is 5.78 Å². The number of Topliss-reactive ketones (excluding diaryl/α,β-unsaturated/α-hetero) is 1. The first-order chi connectivity index (χ1) is 11.9. The molecule has 2 aliphatic rings. The largest absolute Gasteiger partial charge is 0.306 e. The van der Waals surface area contributed by atoms with E-state index in [-0.39, 0.29) is 5.78 Å². The second-order valence-corrected chi connectivity index (χ2v) is 6.80. The van der Waals surface area contributed by atoms with Crippen LogP contribution in [0.3, 0.4) is 0 Å². The third-order valence-electron chi connectivity index (χ3n) is 4.55. The molecule has 1 fully saturated rings. The fourth-order valence-electron chi connectivity index (χ4n) is 3.45. The molecule has 2 aromatic rings. The maximum absolute atomic E-state index is 12.6. The Kier molecular flexibility index (Phi) is 2.73. The molecule has 3 heteroatoms. The van der Waals surface area contributed by atoms with Crippen molar-refractivity contribution in [2.75, 3.05) is 20.1 Å². The average Bonchev–Trinajstić information content (AvgIpc) is 3.02. The summed E-state index contributed by atoms with van der Waals surface area (Å²) in [6.45, 7) is -0.961. The highest BCUT2D eigenvalue weighted by Crippen LogP contribution is 2.40. The second-order valence-electron chi connectivity index (χ2n) is 5.89. The molecule has 0 bridgehead atoms. The summed E-state index contributed by atoms with van der Waals surface area (Å²) in [5.74, 6) is 0.174. The van der Waals surface area contributed by atoms with Gasteiger partial charge in [-0.3, -0.25) is 4.79 Å². The minimum Gasteiger partial charge on any atom is -0.306 e. The van der Waals surface area contributed by atoms with Gasteiger partial charge in [0.05, 0.1) is 4.88 Å². The first kappa shape index (κ1) is 10.9. The van der Waals surface area contributed by atoms with E-state index < -0.39 is 6.98 Å². The lowest BCUT2D eigenvalue weighted by molar-refractivity contribution is 0.0997. The maximum Gasteiger partial charge on any atom is 0.177 e. The van der Waals surface area contributed by atoms with Gasteiger partial charge in [0, 0.05) is 29.2 Å². The van der Waals surface area contributed by atoms with Gasteiger partial charge in [-0.25, -0.2) is 0 Å². The van der Waals surface area contributed by atoms with Crippen LogP contribution in [0.4, 0.5) is 0 Å². The zero-order chi connectivity index (χ0) is 17.6. The van der Waals surface area contributed by atoms with Crippen molar-refractivity contribution in [1.82, 2.24) is 4.90 Å². The highest BCUT2D eigenvalue weighted by atomic mass is 32.1. The van der Waals surface area contributed by atoms with Crippen molar-refractivity contribution in [3.8, 4) is 0 Å². The average molecular weight is 312 g/mol. The molecule has 1 aromatic carbocycles. The summed E-state index contributed by atoms with van der Waals surface area (Å²) in [5.41, 5.74) is 5.64. The van der Waals surface area contributed by atoms with Gasteiger partial charge in [-0.15, -0.1) is 11.3 Å². The molecule has 1 aromatic heterocycles. The molecule has 2 nitrogen and oxygen atoms in total. The molecule has 0 spiro atoms. The summed E-state index contributed by atoms with van der Waals surface area (Å²) in [7, 11) is 0. The van der Waals surface area contributed by atoms with Gasteiger partial charge >= 0.3 is 0 Å². The van der Waals surface area contributed by atoms with Gasteiger partial charge in [0.2, 0.25) is 0 Å². The van der Waals surface area contributed by atoms with Crippen molar-refractivity contribution in [1.29, 1.82) is 0 Å². The van der Waals surface area contributed by atoms with Crippen molar-refractivity contribution in [3.05, 3.63) is 62.9 Å². The fraction of sp³-hybridized carbons (Fsp3) is 0.316. The van der Waals surface area contributed by atoms with E-state index in [1.54, 1.807) is 4.90 Å². The predicted molar refractivity (Wildman–Crippen MR) is 91.5 cm³/mol. The number of benzene rings is 1. The molecule has 0 unspecified atom stereocenters. The van der Waals surface area contributed by atoms with Crippen molar-refractivity contribution in [2.24, 2.45) is 0 Å². The summed E-state index contributed by atoms with van der Waals surface area (Å²) in [6.07, 6.45) is 1.89. The normalized spacial score (nSPS) is 21.5. The third kappa shape index (κ3) is 2.25. The van der Waals surface area contributed by atoms with E-state index in [0.29, 0.717) is 19.5 Å². The Morgan fingerprint density at radius 1 is 1.14 bits per heavy atom. The maximum atomic E-state index is 12.6. The van der Waals surface area contributed by atoms with E-state index in [2.05, 4.69) is 6.07 Å². The lowest BCUT2D eigenvalue weighted by atomic mass is 9.88. The number of hydrogen-bond acceptors (Lipinski definition) is 3. The molecule has 1 aliphatic carbocycles. The quantitative estimate of drug-likeness (QED) is 0.732. The Morgan fingerprint density at radius 2 is 1.95 bits per heavy atom. The molecule has 1 aliphatic heterocycles. The van der Waals surface area contributed by atoms with Crippen molar-refractivity contribution < 1.29 is 8.91 Å². The zero-order valence-electron chi connectivity index (χ0n) is 15.3. The van der Waals surface area contributed by atoms with Crippen LogP contribution in [0.1, 0.15) is 43.3 Å². The lowest BCUT2D eigenvalue weighted by Gasteiger charge is -2.27. The molecule has 4 rings (SSSR count). The number of hydrogen-bond donors (Lipinski definition) is 0. The zero-order valence-corrected chi connectivity index (χ0v) is 13.1. The Hall–Kier alpha value is -1.71. The third-order valence-corrected chi connectivity index (χ3v) is 5.50. The first-order valence-corrected chi connectivity index (χ1v) is 8.49. The molecule has 0 radical (unpaired) electrons. The number of likely N-dealkylation sites (tertiary alicyclic amines) is 1. The molecule has 112 valence electrons. The molecule has 2 heterocycles. The van der Waals surface area contributed by atoms with E-state index >= 15 is 0 Å². The minimum absolute atomic E-state index is 0.174. The lowest BCUT2D eigenvalue weighted by Crippen LogP contribution is -2.27. The molecular formula is C19H19NOS. The SMILES string of the molecule is [2H]C([2H])([2H])N1CCC(=C2c3ccccc3CC(=O)c3sccc32)CC1. The van der Waals surface area contributed by atoms with Gasteiger partial charge in [0.25, 0.3) is 0 Å². The first-order valence-electron chi connectivity index (χ1n) is 9.11. The van der Waals surface area contributed by atoms with Crippen molar-refractivity contribution in [3.63, 3.8) is 0 Å². The summed E-state index contributed by atoms with van der Waals surface area (Å²) in [5, 5.41) is 1.98. The van der Waals surface area contributed by atoms with Crippen molar-refractivity contribution in [2.45, 2.75) is 19.3 Å². The molecule has 1 saturated heterocycles. The number of rotatable bonds is 0. The van der Waals surface area contributed by atoms with E-state index in [9.17, 15) is 4.79 Å². The summed E-state index contributed by atoms with van der Waals surface area (Å²) in [4.78, 5) is 15.0. The molecule has 0 N–H and O–H groups in total. The number of ketones is 1. The second kappa shape index (κ2) is 5.49. The minimum atomic E-state index is -2.03. The topological polar surface area (TPSA) is 20.3 Å². The molecule has 0 saturated carbocycles. The summed E-state index contributed by atoms with van der Waals surface area (Å²) < 4.78 is 22.8. The Balaban J connectivity index is 1.82. The van der Waals surface area contributed by atoms with E-state index in [0.717, 1.165) is 40.0 Å². The highest BCUT2D eigenvalue weighted by molar-refractivity contribution is 7.12. The van der Waals surface area contributed by atoms with Crippen LogP contribution >= 0.6 is 11.3 Å². The van der Waals surface area contributed by atoms with Gasteiger partial charge in [0.1, 0.15) is 0 Å². The van der Waals surface area contributed by atoms with Gasteiger partial charge in [-0.2, -0.15) is 0 Å². The Labute approximate surface area is 139 Å². The number of piperidine rings is 1. The van der Waals surface area contributed by atoms with Crippen LogP contribution in [-0.4, -0.2) is 30.7 Å². The van der Waals surface area contributed by atoms with Crippen LogP contribution in [0.5, 0.6) is 0 Å². The van der Waals surface area contributed by atoms with E-state index in [4.69, 9.17) is 4.11 Å². The van der Waals surface area contributed by atoms with Crippen LogP contribution in [0.15, 0.2) is 41.3 Å². The summed E-state index contributed by atoms with van der Waals surface area (Å²) in [6, 6.07) is 10.2. The van der Waals surface area contributed by atoms with Crippen molar-refractivity contribution >= 4 is 22.7 Å². The van der Waals surface area contributed by atoms with Crippen LogP contribution in [0, 0.1) is 0 Å². The van der Waals surface area contributed by atoms with Crippen LogP contribution < -0.4 is 0 Å². The van der Waals surface area contributed by atoms with Crippen LogP contribution in [-0.2, 0) is 6.42 Å². The fourth-order valence-corrected chi connectivity index (χ4v) is 4.29. The standard InChI is InChI=1S/C19H19NOS/c1-20-9-6-13(7-10-20)18-15-5-3-2-4-14(15)12-17(21)19-16(18)8-11-22-19/h2-5,8,11H,6-7,9-10,12H2,1H3/i1D3. The number of fused-ring (bicyclic) bond motifs is 2. The Morgan fingerprint density at radius 3 is 2.77 bits per heavy atom. The monoisotopic (exact) mass is 312 g/mol. The van der Waals surface area contributed by atoms with E-state index in [1.807, 2.05) is 29.6 Å². The molecule has 22 heavy (non-hydrogen) atoms. The van der Waals surface area contributed by atoms with Crippen LogP contribution in [0.2, 0.25) is 0 Å². The van der Waals surface area contributed by atoms with Gasteiger partial charge < -0.3 is 4.90 Å². The van der Waals surface area contributed by atoms with Crippen LogP contribution in [0.25, 0.3) is 5.57 Å². The smallest absolute Gasteiger partial charge is 0.177 e. The molecular weight excluding hydrogens is 290 g/mol. The van der Waals surface area contributed by atoms with Gasteiger partial charge in [-0.05, 0) is 48.0 Å². The molecule has 0 amide bonds. The Bertz CT molecular complexity index is 856. The van der Waals surface area contributed by atoms with E-state index in [1.165, 1.54) is 16.9 Å². The molecule has 0 atom stereocenters. The number of thiophene rings is 1. The highest BCUT2D eigenvalue weighted by Gasteiger charge is 2.27. The van der Waals surface area contributed by atoms with Gasteiger partial charge in [-0.1, -0.05) is 29.8 Å². The predicted octanol–water partition coefficient (Wildman–Crippen LogP) is 4.01. The number of carbonyl (C=O) groups excluding carboxylic acids is 1. The number of carbonyl (C=O) groups is 1. The number of nitrogens with zero attached hydrogens (tertiary/aromatic N) is 1.